The minimum atomic E-state index is -0.852. The fraction of sp³-hybridized carbons (Fsp3) is 0.391. The second-order valence-corrected chi connectivity index (χ2v) is 7.93. The summed E-state index contributed by atoms with van der Waals surface area (Å²) < 4.78 is 0. The zero-order valence-electron chi connectivity index (χ0n) is 16.6. The van der Waals surface area contributed by atoms with Gasteiger partial charge in [-0.05, 0) is 49.4 Å². The van der Waals surface area contributed by atoms with Crippen molar-refractivity contribution in [3.8, 4) is 0 Å². The smallest absolute Gasteiger partial charge is 0.229 e. The van der Waals surface area contributed by atoms with Gasteiger partial charge in [0.15, 0.2) is 0 Å². The van der Waals surface area contributed by atoms with E-state index in [9.17, 15) is 14.7 Å². The van der Waals surface area contributed by atoms with Gasteiger partial charge in [0.1, 0.15) is 0 Å². The highest BCUT2D eigenvalue weighted by molar-refractivity contribution is 5.94. The fourth-order valence-corrected chi connectivity index (χ4v) is 3.42. The number of anilines is 1. The molecule has 148 valence electrons. The van der Waals surface area contributed by atoms with Crippen LogP contribution in [0.1, 0.15) is 37.0 Å². The molecule has 28 heavy (non-hydrogen) atoms. The van der Waals surface area contributed by atoms with Crippen LogP contribution in [0.25, 0.3) is 0 Å². The largest absolute Gasteiger partial charge is 0.395 e. The van der Waals surface area contributed by atoms with Crippen molar-refractivity contribution < 1.29 is 14.7 Å². The zero-order valence-corrected chi connectivity index (χ0v) is 16.6. The summed E-state index contributed by atoms with van der Waals surface area (Å²) in [6.45, 7) is 3.90. The lowest BCUT2D eigenvalue weighted by molar-refractivity contribution is -0.131. The van der Waals surface area contributed by atoms with E-state index in [4.69, 9.17) is 0 Å². The van der Waals surface area contributed by atoms with E-state index < -0.39 is 5.41 Å². The number of fused-ring (bicyclic) bond motifs is 2. The van der Waals surface area contributed by atoms with Crippen LogP contribution >= 0.6 is 0 Å². The number of aryl methyl sites for hydroxylation is 2. The Morgan fingerprint density at radius 2 is 1.61 bits per heavy atom. The maximum Gasteiger partial charge on any atom is 0.229 e. The van der Waals surface area contributed by atoms with E-state index in [1.165, 1.54) is 5.56 Å². The molecule has 0 bridgehead atoms. The minimum Gasteiger partial charge on any atom is -0.395 e. The van der Waals surface area contributed by atoms with Crippen LogP contribution in [0.4, 0.5) is 5.69 Å². The van der Waals surface area contributed by atoms with Gasteiger partial charge >= 0.3 is 0 Å². The Labute approximate surface area is 166 Å². The van der Waals surface area contributed by atoms with Crippen molar-refractivity contribution in [1.29, 1.82) is 0 Å². The number of amides is 2. The van der Waals surface area contributed by atoms with Crippen molar-refractivity contribution in [2.24, 2.45) is 5.41 Å². The molecule has 5 nitrogen and oxygen atoms in total. The monoisotopic (exact) mass is 380 g/mol. The first-order valence-corrected chi connectivity index (χ1v) is 9.76. The van der Waals surface area contributed by atoms with Gasteiger partial charge in [0, 0.05) is 18.7 Å². The second-order valence-electron chi connectivity index (χ2n) is 7.93. The molecule has 2 aromatic carbocycles. The molecule has 0 aliphatic carbocycles. The van der Waals surface area contributed by atoms with Crippen LogP contribution in [0.5, 0.6) is 0 Å². The average molecular weight is 380 g/mol. The molecule has 0 aromatic heterocycles. The first-order chi connectivity index (χ1) is 13.4. The highest BCUT2D eigenvalue weighted by atomic mass is 16.3. The van der Waals surface area contributed by atoms with Crippen LogP contribution in [0, 0.1) is 5.41 Å². The SMILES string of the molecule is CC(C)(CO)C(=O)NCCC(=O)N1Cc2ccccc2CCc2ccccc21. The van der Waals surface area contributed by atoms with Crippen LogP contribution in [0.3, 0.4) is 0 Å². The molecule has 0 radical (unpaired) electrons. The molecule has 2 aromatic rings. The number of aliphatic hydroxyl groups is 1. The van der Waals surface area contributed by atoms with Crippen molar-refractivity contribution >= 4 is 17.5 Å². The Bertz CT molecular complexity index is 860. The van der Waals surface area contributed by atoms with E-state index in [0.29, 0.717) is 6.54 Å². The molecule has 0 atom stereocenters. The fourth-order valence-electron chi connectivity index (χ4n) is 3.42. The summed E-state index contributed by atoms with van der Waals surface area (Å²) in [6, 6.07) is 16.3. The number of rotatable bonds is 5. The lowest BCUT2D eigenvalue weighted by atomic mass is 9.94. The number of hydrogen-bond acceptors (Lipinski definition) is 3. The Hall–Kier alpha value is -2.66. The molecule has 5 heteroatoms. The number of nitrogens with one attached hydrogen (secondary N) is 1. The average Bonchev–Trinajstić information content (AvgIpc) is 2.69. The number of benzene rings is 2. The predicted molar refractivity (Wildman–Crippen MR) is 110 cm³/mol. The van der Waals surface area contributed by atoms with Crippen molar-refractivity contribution in [2.75, 3.05) is 18.1 Å². The number of carbonyl (C=O) groups excluding carboxylic acids is 2. The summed E-state index contributed by atoms with van der Waals surface area (Å²) in [5.74, 6) is -0.271. The van der Waals surface area contributed by atoms with Crippen LogP contribution in [0.15, 0.2) is 48.5 Å². The van der Waals surface area contributed by atoms with Crippen LogP contribution in [-0.2, 0) is 29.0 Å². The number of aliphatic hydroxyl groups excluding tert-OH is 1. The van der Waals surface area contributed by atoms with Gasteiger partial charge in [-0.2, -0.15) is 0 Å². The molecular formula is C23H28N2O3. The molecule has 1 heterocycles. The van der Waals surface area contributed by atoms with E-state index >= 15 is 0 Å². The molecule has 0 saturated heterocycles. The molecule has 2 amide bonds. The maximum atomic E-state index is 13.1. The van der Waals surface area contributed by atoms with Crippen LogP contribution < -0.4 is 10.2 Å². The maximum absolute atomic E-state index is 13.1. The van der Waals surface area contributed by atoms with E-state index in [0.717, 1.165) is 29.7 Å². The topological polar surface area (TPSA) is 69.6 Å². The zero-order chi connectivity index (χ0) is 20.1. The minimum absolute atomic E-state index is 0.0220. The molecule has 2 N–H and O–H groups in total. The summed E-state index contributed by atoms with van der Waals surface area (Å²) in [7, 11) is 0. The molecule has 3 rings (SSSR count). The predicted octanol–water partition coefficient (Wildman–Crippen LogP) is 2.84. The Morgan fingerprint density at radius 1 is 1.00 bits per heavy atom. The van der Waals surface area contributed by atoms with Gasteiger partial charge in [0.05, 0.1) is 18.6 Å². The number of nitrogens with zero attached hydrogens (tertiary/aromatic N) is 1. The van der Waals surface area contributed by atoms with Gasteiger partial charge < -0.3 is 15.3 Å². The molecule has 0 saturated carbocycles. The molecule has 1 aliphatic rings. The third-order valence-corrected chi connectivity index (χ3v) is 5.33. The van der Waals surface area contributed by atoms with Gasteiger partial charge in [-0.15, -0.1) is 0 Å². The van der Waals surface area contributed by atoms with Gasteiger partial charge in [0.25, 0.3) is 0 Å². The summed E-state index contributed by atoms with van der Waals surface area (Å²) in [4.78, 5) is 27.0. The van der Waals surface area contributed by atoms with E-state index in [1.807, 2.05) is 35.2 Å². The van der Waals surface area contributed by atoms with Crippen molar-refractivity contribution in [2.45, 2.75) is 39.7 Å². The number of para-hydroxylation sites is 1. The quantitative estimate of drug-likeness (QED) is 0.838. The molecule has 1 aliphatic heterocycles. The van der Waals surface area contributed by atoms with E-state index in [1.54, 1.807) is 13.8 Å². The molecular weight excluding hydrogens is 352 g/mol. The lowest BCUT2D eigenvalue weighted by Gasteiger charge is -2.29. The summed E-state index contributed by atoms with van der Waals surface area (Å²) in [5.41, 5.74) is 3.69. The van der Waals surface area contributed by atoms with Crippen LogP contribution in [-0.4, -0.2) is 30.1 Å². The first kappa shape index (κ1) is 20.1. The first-order valence-electron chi connectivity index (χ1n) is 9.76. The van der Waals surface area contributed by atoms with Crippen LogP contribution in [0.2, 0.25) is 0 Å². The molecule has 0 fully saturated rings. The Kier molecular flexibility index (Phi) is 6.15. The number of hydrogen-bond donors (Lipinski definition) is 2. The normalized spacial score (nSPS) is 13.8. The molecule has 0 spiro atoms. The van der Waals surface area contributed by atoms with E-state index in [2.05, 4.69) is 23.5 Å². The van der Waals surface area contributed by atoms with Crippen molar-refractivity contribution in [3.05, 3.63) is 65.2 Å². The molecule has 0 unspecified atom stereocenters. The van der Waals surface area contributed by atoms with Gasteiger partial charge in [-0.3, -0.25) is 9.59 Å². The van der Waals surface area contributed by atoms with Gasteiger partial charge in [0.2, 0.25) is 11.8 Å². The third kappa shape index (κ3) is 4.42. The van der Waals surface area contributed by atoms with Crippen molar-refractivity contribution in [3.63, 3.8) is 0 Å². The standard InChI is InChI=1S/C23H28N2O3/c1-23(2,16-26)22(28)24-14-13-21(27)25-15-19-9-4-3-7-17(19)11-12-18-8-5-6-10-20(18)25/h3-10,26H,11-16H2,1-2H3,(H,24,28). The number of carbonyl (C=O) groups is 2. The van der Waals surface area contributed by atoms with Crippen molar-refractivity contribution in [1.82, 2.24) is 5.32 Å². The summed E-state index contributed by atoms with van der Waals surface area (Å²) in [6.07, 6.45) is 2.06. The van der Waals surface area contributed by atoms with Gasteiger partial charge in [-0.1, -0.05) is 42.5 Å². The Balaban J connectivity index is 1.76. The Morgan fingerprint density at radius 3 is 2.32 bits per heavy atom. The highest BCUT2D eigenvalue weighted by Crippen LogP contribution is 2.28. The third-order valence-electron chi connectivity index (χ3n) is 5.33. The summed E-state index contributed by atoms with van der Waals surface area (Å²) >= 11 is 0. The summed E-state index contributed by atoms with van der Waals surface area (Å²) in [5, 5.41) is 12.1. The highest BCUT2D eigenvalue weighted by Gasteiger charge is 2.27. The van der Waals surface area contributed by atoms with E-state index in [-0.39, 0.29) is 31.4 Å². The van der Waals surface area contributed by atoms with Gasteiger partial charge in [-0.25, -0.2) is 0 Å². The lowest BCUT2D eigenvalue weighted by Crippen LogP contribution is -2.41. The second kappa shape index (κ2) is 8.57.